The number of hydrogen-bond donors (Lipinski definition) is 1. The summed E-state index contributed by atoms with van der Waals surface area (Å²) < 4.78 is 0. The average Bonchev–Trinajstić information content (AvgIpc) is 1.79. The molecule has 0 bridgehead atoms. The summed E-state index contributed by atoms with van der Waals surface area (Å²) >= 11 is 5.12. The van der Waals surface area contributed by atoms with Crippen LogP contribution >= 0.6 is 12.2 Å². The van der Waals surface area contributed by atoms with Crippen LogP contribution < -0.4 is 5.32 Å². The second-order valence-electron chi connectivity index (χ2n) is 5.28. The van der Waals surface area contributed by atoms with Crippen molar-refractivity contribution in [2.45, 2.75) is 52.6 Å². The smallest absolute Gasteiger partial charge is 0.319 e. The van der Waals surface area contributed by atoms with E-state index in [9.17, 15) is 4.79 Å². The van der Waals surface area contributed by atoms with Crippen LogP contribution in [-0.2, 0) is 4.79 Å². The van der Waals surface area contributed by atoms with Crippen molar-refractivity contribution in [3.05, 3.63) is 0 Å². The first-order valence-electron chi connectivity index (χ1n) is 4.58. The first-order valence-corrected chi connectivity index (χ1v) is 4.99. The lowest BCUT2D eigenvalue weighted by atomic mass is 10.1. The molecule has 0 saturated heterocycles. The van der Waals surface area contributed by atoms with Gasteiger partial charge in [-0.2, -0.15) is 0 Å². The molecule has 1 radical (unpaired) electrons. The van der Waals surface area contributed by atoms with E-state index >= 15 is 0 Å². The molecule has 0 aliphatic heterocycles. The van der Waals surface area contributed by atoms with Crippen molar-refractivity contribution in [2.75, 3.05) is 0 Å². The zero-order valence-corrected chi connectivity index (χ0v) is 10.6. The number of thiocarbonyl (C=S) groups is 1. The Labute approximate surface area is 91.9 Å². The summed E-state index contributed by atoms with van der Waals surface area (Å²) in [6, 6.07) is 0. The summed E-state index contributed by atoms with van der Waals surface area (Å²) in [6.45, 7) is 11.7. The van der Waals surface area contributed by atoms with Gasteiger partial charge in [-0.25, -0.2) is 0 Å². The quantitative estimate of drug-likeness (QED) is 0.535. The molecule has 0 saturated carbocycles. The molecule has 0 fully saturated rings. The SMILES string of the molecule is CC(C)(C)NC(=S)N([C]=O)C(C)(C)C. The largest absolute Gasteiger partial charge is 0.358 e. The van der Waals surface area contributed by atoms with Gasteiger partial charge in [0.1, 0.15) is 0 Å². The minimum Gasteiger partial charge on any atom is -0.358 e. The molecule has 81 valence electrons. The Balaban J connectivity index is 4.58. The predicted molar refractivity (Wildman–Crippen MR) is 62.8 cm³/mol. The van der Waals surface area contributed by atoms with Crippen molar-refractivity contribution < 1.29 is 4.79 Å². The van der Waals surface area contributed by atoms with E-state index in [4.69, 9.17) is 12.2 Å². The van der Waals surface area contributed by atoms with Crippen molar-refractivity contribution in [3.63, 3.8) is 0 Å². The van der Waals surface area contributed by atoms with Crippen molar-refractivity contribution in [2.24, 2.45) is 0 Å². The van der Waals surface area contributed by atoms with Crippen molar-refractivity contribution >= 4 is 23.7 Å². The van der Waals surface area contributed by atoms with E-state index in [2.05, 4.69) is 5.32 Å². The summed E-state index contributed by atoms with van der Waals surface area (Å²) in [5, 5.41) is 3.49. The highest BCUT2D eigenvalue weighted by Gasteiger charge is 2.26. The molecule has 14 heavy (non-hydrogen) atoms. The molecular formula is C10H19N2OS. The Kier molecular flexibility index (Phi) is 4.06. The number of rotatable bonds is 1. The Morgan fingerprint density at radius 2 is 1.64 bits per heavy atom. The van der Waals surface area contributed by atoms with Crippen LogP contribution in [0.5, 0.6) is 0 Å². The Morgan fingerprint density at radius 1 is 1.21 bits per heavy atom. The lowest BCUT2D eigenvalue weighted by Crippen LogP contribution is -2.54. The molecule has 3 nitrogen and oxygen atoms in total. The fraction of sp³-hybridized carbons (Fsp3) is 0.800. The molecular weight excluding hydrogens is 196 g/mol. The van der Waals surface area contributed by atoms with E-state index in [-0.39, 0.29) is 11.1 Å². The second kappa shape index (κ2) is 4.26. The molecule has 0 unspecified atom stereocenters. The zero-order valence-electron chi connectivity index (χ0n) is 9.76. The molecule has 0 atom stereocenters. The topological polar surface area (TPSA) is 32.3 Å². The number of amides is 1. The molecule has 1 amide bonds. The Hall–Kier alpha value is -0.640. The van der Waals surface area contributed by atoms with Crippen LogP contribution in [-0.4, -0.2) is 27.5 Å². The van der Waals surface area contributed by atoms with Crippen molar-refractivity contribution in [3.8, 4) is 0 Å². The third-order valence-corrected chi connectivity index (χ3v) is 1.73. The van der Waals surface area contributed by atoms with Gasteiger partial charge < -0.3 is 5.32 Å². The minimum absolute atomic E-state index is 0.141. The molecule has 0 aliphatic carbocycles. The van der Waals surface area contributed by atoms with Crippen LogP contribution in [0.15, 0.2) is 0 Å². The third-order valence-electron chi connectivity index (χ3n) is 1.45. The first-order chi connectivity index (χ1) is 6.08. The van der Waals surface area contributed by atoms with Crippen LogP contribution in [0.2, 0.25) is 0 Å². The summed E-state index contributed by atoms with van der Waals surface area (Å²) in [4.78, 5) is 12.1. The zero-order chi connectivity index (χ0) is 11.6. The van der Waals surface area contributed by atoms with Gasteiger partial charge in [0.15, 0.2) is 5.11 Å². The molecule has 0 aromatic carbocycles. The summed E-state index contributed by atoms with van der Waals surface area (Å²) in [7, 11) is 0. The lowest BCUT2D eigenvalue weighted by Gasteiger charge is -2.34. The van der Waals surface area contributed by atoms with E-state index in [1.54, 1.807) is 0 Å². The van der Waals surface area contributed by atoms with Gasteiger partial charge in [-0.15, -0.1) is 0 Å². The van der Waals surface area contributed by atoms with Crippen molar-refractivity contribution in [1.29, 1.82) is 0 Å². The lowest BCUT2D eigenvalue weighted by molar-refractivity contribution is 0.312. The van der Waals surface area contributed by atoms with Gasteiger partial charge in [-0.1, -0.05) is 0 Å². The van der Waals surface area contributed by atoms with Gasteiger partial charge >= 0.3 is 6.41 Å². The van der Waals surface area contributed by atoms with Crippen LogP contribution in [0.25, 0.3) is 0 Å². The van der Waals surface area contributed by atoms with Crippen LogP contribution in [0.1, 0.15) is 41.5 Å². The fourth-order valence-electron chi connectivity index (χ4n) is 0.860. The van der Waals surface area contributed by atoms with Gasteiger partial charge in [0.2, 0.25) is 0 Å². The highest BCUT2D eigenvalue weighted by Crippen LogP contribution is 2.12. The maximum atomic E-state index is 10.8. The highest BCUT2D eigenvalue weighted by atomic mass is 32.1. The fourth-order valence-corrected chi connectivity index (χ4v) is 1.48. The van der Waals surface area contributed by atoms with Crippen LogP contribution in [0.4, 0.5) is 0 Å². The second-order valence-corrected chi connectivity index (χ2v) is 5.66. The summed E-state index contributed by atoms with van der Waals surface area (Å²) in [5.74, 6) is 0. The number of nitrogens with one attached hydrogen (secondary N) is 1. The summed E-state index contributed by atoms with van der Waals surface area (Å²) in [6.07, 6.45) is 1.84. The molecule has 0 heterocycles. The maximum Gasteiger partial charge on any atom is 0.319 e. The highest BCUT2D eigenvalue weighted by molar-refractivity contribution is 7.80. The van der Waals surface area contributed by atoms with Gasteiger partial charge in [0.25, 0.3) is 0 Å². The van der Waals surface area contributed by atoms with E-state index in [0.29, 0.717) is 5.11 Å². The Morgan fingerprint density at radius 3 is 1.86 bits per heavy atom. The van der Waals surface area contributed by atoms with E-state index in [1.807, 2.05) is 48.0 Å². The number of nitrogens with zero attached hydrogens (tertiary/aromatic N) is 1. The van der Waals surface area contributed by atoms with Gasteiger partial charge in [0, 0.05) is 11.1 Å². The van der Waals surface area contributed by atoms with E-state index < -0.39 is 0 Å². The van der Waals surface area contributed by atoms with Crippen LogP contribution in [0, 0.1) is 0 Å². The average molecular weight is 215 g/mol. The minimum atomic E-state index is -0.336. The van der Waals surface area contributed by atoms with E-state index in [1.165, 1.54) is 4.90 Å². The molecule has 0 aliphatic rings. The molecule has 0 spiro atoms. The molecule has 4 heteroatoms. The monoisotopic (exact) mass is 215 g/mol. The normalized spacial score (nSPS) is 12.1. The van der Waals surface area contributed by atoms with Crippen LogP contribution in [0.3, 0.4) is 0 Å². The third kappa shape index (κ3) is 4.56. The molecule has 0 rings (SSSR count). The number of carbonyl (C=O) groups excluding carboxylic acids is 1. The molecule has 0 aromatic heterocycles. The molecule has 1 N–H and O–H groups in total. The predicted octanol–water partition coefficient (Wildman–Crippen LogP) is 1.83. The maximum absolute atomic E-state index is 10.8. The number of hydrogen-bond acceptors (Lipinski definition) is 2. The van der Waals surface area contributed by atoms with Gasteiger partial charge in [-0.3, -0.25) is 9.69 Å². The molecule has 0 aromatic rings. The first kappa shape index (κ1) is 13.4. The van der Waals surface area contributed by atoms with Gasteiger partial charge in [0.05, 0.1) is 0 Å². The van der Waals surface area contributed by atoms with Crippen molar-refractivity contribution in [1.82, 2.24) is 10.2 Å². The summed E-state index contributed by atoms with van der Waals surface area (Å²) in [5.41, 5.74) is -0.478. The standard InChI is InChI=1S/C10H19N2OS/c1-9(2,3)11-8(14)12(7-13)10(4,5)6/h1-6H3,(H,11,14). The Bertz CT molecular complexity index is 225. The van der Waals surface area contributed by atoms with E-state index in [0.717, 1.165) is 0 Å². The van der Waals surface area contributed by atoms with Gasteiger partial charge in [-0.05, 0) is 53.8 Å².